The number of rotatable bonds is 2. The highest BCUT2D eigenvalue weighted by Gasteiger charge is 2.37. The van der Waals surface area contributed by atoms with Crippen LogP contribution < -0.4 is 10.9 Å². The normalized spacial score (nSPS) is 14.9. The molecule has 1 amide bonds. The van der Waals surface area contributed by atoms with Gasteiger partial charge in [-0.15, -0.1) is 0 Å². The van der Waals surface area contributed by atoms with Gasteiger partial charge in [-0.05, 0) is 17.7 Å². The Hall–Kier alpha value is -4.04. The van der Waals surface area contributed by atoms with Gasteiger partial charge < -0.3 is 10.2 Å². The van der Waals surface area contributed by atoms with Crippen molar-refractivity contribution in [2.45, 2.75) is 57.4 Å². The van der Waals surface area contributed by atoms with Gasteiger partial charge in [-0.2, -0.15) is 31.4 Å². The van der Waals surface area contributed by atoms with Gasteiger partial charge in [0, 0.05) is 38.6 Å². The molecule has 0 saturated heterocycles. The predicted molar refractivity (Wildman–Crippen MR) is 135 cm³/mol. The smallest absolute Gasteiger partial charge is 0.386 e. The molecular weight excluding hydrogens is 561 g/mol. The van der Waals surface area contributed by atoms with Crippen LogP contribution >= 0.6 is 0 Å². The summed E-state index contributed by atoms with van der Waals surface area (Å²) >= 11 is 0. The second kappa shape index (κ2) is 13.1. The second-order valence-electron chi connectivity index (χ2n) is 9.30. The number of alkyl halides is 6. The molecule has 2 aromatic heterocycles. The van der Waals surface area contributed by atoms with E-state index in [1.807, 2.05) is 0 Å². The summed E-state index contributed by atoms with van der Waals surface area (Å²) in [7, 11) is 2.86. The maximum Gasteiger partial charge on any atom is 0.423 e. The number of nitrogens with one attached hydrogen (secondary N) is 2. The first-order chi connectivity index (χ1) is 19.2. The summed E-state index contributed by atoms with van der Waals surface area (Å²) in [4.78, 5) is 31.1. The molecule has 3 aromatic rings. The lowest BCUT2D eigenvalue weighted by Crippen LogP contribution is -2.24. The fourth-order valence-corrected chi connectivity index (χ4v) is 4.20. The van der Waals surface area contributed by atoms with Gasteiger partial charge in [0.2, 0.25) is 0 Å². The number of nitrogens with zero attached hydrogens (tertiary/aromatic N) is 4. The Morgan fingerprint density at radius 1 is 0.854 bits per heavy atom. The summed E-state index contributed by atoms with van der Waals surface area (Å²) in [5, 5.41) is 7.19. The topological polar surface area (TPSA) is 104 Å². The zero-order valence-electron chi connectivity index (χ0n) is 22.1. The van der Waals surface area contributed by atoms with E-state index in [4.69, 9.17) is 0 Å². The number of benzene rings is 1. The highest BCUT2D eigenvalue weighted by Crippen LogP contribution is 2.32. The average Bonchev–Trinajstić information content (AvgIpc) is 3.20. The number of carbonyl (C=O) groups is 1. The third kappa shape index (κ3) is 8.01. The summed E-state index contributed by atoms with van der Waals surface area (Å²) in [5.74, 6) is -1.20. The summed E-state index contributed by atoms with van der Waals surface area (Å²) in [6, 6.07) is 2.46. The number of aromatic nitrogens is 4. The summed E-state index contributed by atoms with van der Waals surface area (Å²) in [5.41, 5.74) is -3.05. The minimum atomic E-state index is -4.67. The quantitative estimate of drug-likeness (QED) is 0.353. The molecule has 1 aromatic carbocycles. The first-order valence-electron chi connectivity index (χ1n) is 12.5. The lowest BCUT2D eigenvalue weighted by molar-refractivity contribution is -0.138. The molecule has 41 heavy (non-hydrogen) atoms. The molecule has 0 bridgehead atoms. The molecule has 1 aliphatic carbocycles. The van der Waals surface area contributed by atoms with E-state index in [9.17, 15) is 40.3 Å². The number of hydrogen-bond acceptors (Lipinski definition) is 6. The number of anilines is 1. The SMILES string of the molecule is C1CCCCC1.CN1Cc2cc(-c3ncc(C(F)(F)F)cn3)c(F)cc2C1=O.CNc1cn[nH]c(=O)c1C(F)(F)F. The van der Waals surface area contributed by atoms with E-state index < -0.39 is 34.9 Å². The predicted octanol–water partition coefficient (Wildman–Crippen LogP) is 6.06. The maximum absolute atomic E-state index is 14.1. The number of aromatic amines is 1. The molecule has 15 heteroatoms. The average molecular weight is 589 g/mol. The van der Waals surface area contributed by atoms with E-state index >= 15 is 0 Å². The van der Waals surface area contributed by atoms with Crippen LogP contribution in [0.4, 0.5) is 36.4 Å². The van der Waals surface area contributed by atoms with Crippen molar-refractivity contribution in [3.63, 3.8) is 0 Å². The Balaban J connectivity index is 0.000000204. The van der Waals surface area contributed by atoms with Gasteiger partial charge in [0.05, 0.1) is 23.0 Å². The largest absolute Gasteiger partial charge is 0.423 e. The molecule has 8 nitrogen and oxygen atoms in total. The zero-order chi connectivity index (χ0) is 30.4. The summed E-state index contributed by atoms with van der Waals surface area (Å²) < 4.78 is 88.1. The van der Waals surface area contributed by atoms with E-state index in [2.05, 4.69) is 20.4 Å². The second-order valence-corrected chi connectivity index (χ2v) is 9.30. The Morgan fingerprint density at radius 3 is 1.88 bits per heavy atom. The number of H-pyrrole nitrogens is 1. The van der Waals surface area contributed by atoms with Gasteiger partial charge in [-0.1, -0.05) is 38.5 Å². The monoisotopic (exact) mass is 588 g/mol. The molecule has 5 rings (SSSR count). The van der Waals surface area contributed by atoms with Crippen LogP contribution in [0.3, 0.4) is 0 Å². The molecule has 1 saturated carbocycles. The molecule has 1 fully saturated rings. The third-order valence-corrected chi connectivity index (χ3v) is 6.31. The van der Waals surface area contributed by atoms with E-state index in [0.717, 1.165) is 12.3 Å². The molecule has 1 aliphatic heterocycles. The number of hydrogen-bond donors (Lipinski definition) is 2. The molecule has 3 heterocycles. The van der Waals surface area contributed by atoms with Crippen LogP contribution in [-0.2, 0) is 18.9 Å². The Kier molecular flexibility index (Phi) is 10.0. The Morgan fingerprint density at radius 2 is 1.41 bits per heavy atom. The highest BCUT2D eigenvalue weighted by molar-refractivity contribution is 5.98. The fourth-order valence-electron chi connectivity index (χ4n) is 4.20. The van der Waals surface area contributed by atoms with Crippen molar-refractivity contribution in [2.75, 3.05) is 19.4 Å². The van der Waals surface area contributed by atoms with E-state index in [-0.39, 0.29) is 28.5 Å². The van der Waals surface area contributed by atoms with Gasteiger partial charge in [-0.25, -0.2) is 19.5 Å². The molecule has 222 valence electrons. The van der Waals surface area contributed by atoms with Crippen LogP contribution in [-0.4, -0.2) is 45.1 Å². The van der Waals surface area contributed by atoms with Crippen molar-refractivity contribution in [2.24, 2.45) is 0 Å². The molecule has 2 aliphatic rings. The first kappa shape index (κ1) is 31.5. The van der Waals surface area contributed by atoms with Gasteiger partial charge in [0.25, 0.3) is 11.5 Å². The van der Waals surface area contributed by atoms with Crippen molar-refractivity contribution in [1.82, 2.24) is 25.1 Å². The van der Waals surface area contributed by atoms with E-state index in [1.54, 1.807) is 12.1 Å². The van der Waals surface area contributed by atoms with Crippen LogP contribution in [0.5, 0.6) is 0 Å². The minimum absolute atomic E-state index is 0.0319. The van der Waals surface area contributed by atoms with E-state index in [1.165, 1.54) is 56.5 Å². The van der Waals surface area contributed by atoms with Crippen LogP contribution in [0, 0.1) is 5.82 Å². The molecular formula is C26H27F7N6O2. The van der Waals surface area contributed by atoms with E-state index in [0.29, 0.717) is 24.5 Å². The van der Waals surface area contributed by atoms with Crippen LogP contribution in [0.15, 0.2) is 35.5 Å². The summed E-state index contributed by atoms with van der Waals surface area (Å²) in [6.45, 7) is 0.308. The van der Waals surface area contributed by atoms with Crippen molar-refractivity contribution in [1.29, 1.82) is 0 Å². The van der Waals surface area contributed by atoms with Gasteiger partial charge in [0.15, 0.2) is 5.82 Å². The Labute approximate surface area is 230 Å². The minimum Gasteiger partial charge on any atom is -0.386 e. The van der Waals surface area contributed by atoms with Crippen molar-refractivity contribution in [3.8, 4) is 11.4 Å². The molecule has 2 N–H and O–H groups in total. The van der Waals surface area contributed by atoms with Gasteiger partial charge >= 0.3 is 12.4 Å². The zero-order valence-corrected chi connectivity index (χ0v) is 22.1. The van der Waals surface area contributed by atoms with Crippen LogP contribution in [0.25, 0.3) is 11.4 Å². The number of fused-ring (bicyclic) bond motifs is 1. The third-order valence-electron chi connectivity index (χ3n) is 6.31. The molecule has 0 unspecified atom stereocenters. The number of halogens is 7. The standard InChI is InChI=1S/C14H9F4N3O.C6H6F3N3O.C6H12/c1-21-6-7-2-10(11(15)3-9(7)13(21)22)12-19-4-8(5-20-12)14(16,17)18;1-10-3-2-11-12-5(13)4(3)6(7,8)9;1-2-4-6-5-3-1/h2-5H,6H2,1H3;2H,1H3,(H2,10,12,13);1-6H2. The first-order valence-corrected chi connectivity index (χ1v) is 12.5. The Bertz CT molecular complexity index is 1390. The summed E-state index contributed by atoms with van der Waals surface area (Å²) in [6.07, 6.45) is 1.89. The fraction of sp³-hybridized carbons (Fsp3) is 0.423. The van der Waals surface area contributed by atoms with Crippen molar-refractivity contribution in [3.05, 3.63) is 69.1 Å². The van der Waals surface area contributed by atoms with Crippen LogP contribution in [0.1, 0.15) is 65.6 Å². The maximum atomic E-state index is 14.1. The van der Waals surface area contributed by atoms with Crippen molar-refractivity contribution >= 4 is 11.6 Å². The molecule has 0 radical (unpaired) electrons. The van der Waals surface area contributed by atoms with Gasteiger partial charge in [-0.3, -0.25) is 9.59 Å². The lowest BCUT2D eigenvalue weighted by atomic mass is 10.0. The lowest BCUT2D eigenvalue weighted by Gasteiger charge is -2.09. The highest BCUT2D eigenvalue weighted by atomic mass is 19.4. The molecule has 0 atom stereocenters. The van der Waals surface area contributed by atoms with Gasteiger partial charge in [0.1, 0.15) is 11.4 Å². The number of amides is 1. The number of carbonyl (C=O) groups excluding carboxylic acids is 1. The van der Waals surface area contributed by atoms with Crippen LogP contribution in [0.2, 0.25) is 0 Å². The molecule has 0 spiro atoms. The van der Waals surface area contributed by atoms with Crippen molar-refractivity contribution < 1.29 is 35.5 Å².